The Morgan fingerprint density at radius 3 is 2.69 bits per heavy atom. The van der Waals surface area contributed by atoms with E-state index >= 15 is 0 Å². The summed E-state index contributed by atoms with van der Waals surface area (Å²) in [4.78, 5) is 30.4. The van der Waals surface area contributed by atoms with Gasteiger partial charge in [0.1, 0.15) is 12.2 Å². The minimum Gasteiger partial charge on any atom is -0.406 e. The molecule has 0 atom stereocenters. The fourth-order valence-corrected chi connectivity index (χ4v) is 2.65. The molecule has 0 aliphatic carbocycles. The fourth-order valence-electron chi connectivity index (χ4n) is 2.44. The molecule has 2 aromatic carbocycles. The Labute approximate surface area is 155 Å². The van der Waals surface area contributed by atoms with Crippen LogP contribution in [0.1, 0.15) is 21.5 Å². The highest BCUT2D eigenvalue weighted by Crippen LogP contribution is 2.11. The quantitative estimate of drug-likeness (QED) is 0.747. The van der Waals surface area contributed by atoms with Gasteiger partial charge in [-0.1, -0.05) is 35.9 Å². The molecule has 1 N–H and O–H groups in total. The number of nitrogens with one attached hydrogen (secondary N) is 1. The maximum absolute atomic E-state index is 12.5. The average molecular weight is 369 g/mol. The van der Waals surface area contributed by atoms with E-state index in [-0.39, 0.29) is 12.2 Å². The number of pyridine rings is 1. The Bertz CT molecular complexity index is 998. The molecule has 132 valence electrons. The summed E-state index contributed by atoms with van der Waals surface area (Å²) in [6, 6.07) is 17.6. The van der Waals surface area contributed by atoms with E-state index in [2.05, 4.69) is 5.32 Å². The second kappa shape index (κ2) is 7.89. The maximum atomic E-state index is 12.5. The number of hydrogen-bond acceptors (Lipinski definition) is 3. The van der Waals surface area contributed by atoms with Gasteiger partial charge in [-0.25, -0.2) is 0 Å². The lowest BCUT2D eigenvalue weighted by Crippen LogP contribution is -2.32. The zero-order chi connectivity index (χ0) is 18.5. The van der Waals surface area contributed by atoms with Gasteiger partial charge < -0.3 is 10.2 Å². The molecule has 26 heavy (non-hydrogen) atoms. The zero-order valence-corrected chi connectivity index (χ0v) is 14.9. The Balaban J connectivity index is 1.76. The lowest BCUT2D eigenvalue weighted by Gasteiger charge is -2.10. The van der Waals surface area contributed by atoms with Gasteiger partial charge in [0.2, 0.25) is 0 Å². The first-order valence-corrected chi connectivity index (χ1v) is 8.38. The number of hydrogen-bond donors (Lipinski definition) is 1. The predicted octanol–water partition coefficient (Wildman–Crippen LogP) is 3.69. The summed E-state index contributed by atoms with van der Waals surface area (Å²) < 4.78 is 1.05. The zero-order valence-electron chi connectivity index (χ0n) is 14.1. The standard InChI is InChI=1S/C20H17ClN2O3/c1-14-5-2-8-17(11-14)22-19(24)18-9-4-10-23(20(18)25)26-13-15-6-3-7-16(21)12-15/h2-12H,13H2,1H3,(H,22,24). The number of nitrogens with zero attached hydrogens (tertiary/aromatic N) is 1. The largest absolute Gasteiger partial charge is 0.406 e. The normalized spacial score (nSPS) is 10.4. The SMILES string of the molecule is Cc1cccc(NC(=O)c2cccn(OCc3cccc(Cl)c3)c2=O)c1. The summed E-state index contributed by atoms with van der Waals surface area (Å²) in [7, 11) is 0. The molecule has 0 fully saturated rings. The number of aryl methyl sites for hydroxylation is 1. The molecule has 0 saturated carbocycles. The Hall–Kier alpha value is -3.05. The second-order valence-electron chi connectivity index (χ2n) is 5.78. The van der Waals surface area contributed by atoms with Crippen molar-refractivity contribution in [1.82, 2.24) is 4.73 Å². The first kappa shape index (κ1) is 17.8. The first-order valence-electron chi connectivity index (χ1n) is 8.00. The van der Waals surface area contributed by atoms with Crippen LogP contribution >= 0.6 is 11.6 Å². The first-order chi connectivity index (χ1) is 12.5. The third-order valence-electron chi connectivity index (χ3n) is 3.69. The number of carbonyl (C=O) groups is 1. The van der Waals surface area contributed by atoms with Crippen LogP contribution in [0.4, 0.5) is 5.69 Å². The van der Waals surface area contributed by atoms with Crippen molar-refractivity contribution >= 4 is 23.2 Å². The van der Waals surface area contributed by atoms with Gasteiger partial charge in [0, 0.05) is 16.9 Å². The van der Waals surface area contributed by atoms with Gasteiger partial charge in [-0.2, -0.15) is 4.73 Å². The molecule has 0 aliphatic rings. The van der Waals surface area contributed by atoms with Gasteiger partial charge in [-0.15, -0.1) is 0 Å². The van der Waals surface area contributed by atoms with E-state index in [0.29, 0.717) is 10.7 Å². The van der Waals surface area contributed by atoms with E-state index in [4.69, 9.17) is 16.4 Å². The molecule has 0 spiro atoms. The molecule has 0 saturated heterocycles. The molecule has 1 heterocycles. The van der Waals surface area contributed by atoms with Gasteiger partial charge in [-0.05, 0) is 54.4 Å². The molecule has 5 nitrogen and oxygen atoms in total. The van der Waals surface area contributed by atoms with Crippen molar-refractivity contribution in [3.05, 3.63) is 98.9 Å². The summed E-state index contributed by atoms with van der Waals surface area (Å²) in [6.07, 6.45) is 1.47. The Morgan fingerprint density at radius 1 is 1.12 bits per heavy atom. The van der Waals surface area contributed by atoms with Crippen LogP contribution < -0.4 is 15.7 Å². The number of carbonyl (C=O) groups excluding carboxylic acids is 1. The molecule has 1 amide bonds. The molecular weight excluding hydrogens is 352 g/mol. The molecule has 0 bridgehead atoms. The van der Waals surface area contributed by atoms with Crippen molar-refractivity contribution in [2.75, 3.05) is 5.32 Å². The van der Waals surface area contributed by atoms with E-state index < -0.39 is 11.5 Å². The van der Waals surface area contributed by atoms with E-state index in [1.165, 1.54) is 12.3 Å². The van der Waals surface area contributed by atoms with Crippen LogP contribution in [0.3, 0.4) is 0 Å². The van der Waals surface area contributed by atoms with Crippen molar-refractivity contribution in [1.29, 1.82) is 0 Å². The molecule has 0 unspecified atom stereocenters. The van der Waals surface area contributed by atoms with Crippen molar-refractivity contribution < 1.29 is 9.63 Å². The number of aromatic nitrogens is 1. The third kappa shape index (κ3) is 4.32. The van der Waals surface area contributed by atoms with E-state index in [1.807, 2.05) is 31.2 Å². The minimum atomic E-state index is -0.528. The van der Waals surface area contributed by atoms with E-state index in [0.717, 1.165) is 15.9 Å². The lowest BCUT2D eigenvalue weighted by atomic mass is 10.2. The number of rotatable bonds is 5. The summed E-state index contributed by atoms with van der Waals surface area (Å²) in [6.45, 7) is 2.08. The van der Waals surface area contributed by atoms with E-state index in [9.17, 15) is 9.59 Å². The number of anilines is 1. The highest BCUT2D eigenvalue weighted by Gasteiger charge is 2.13. The third-order valence-corrected chi connectivity index (χ3v) is 3.93. The summed E-state index contributed by atoms with van der Waals surface area (Å²) in [5.74, 6) is -0.485. The van der Waals surface area contributed by atoms with Crippen molar-refractivity contribution in [3.8, 4) is 0 Å². The number of amides is 1. The van der Waals surface area contributed by atoms with Crippen LogP contribution in [-0.2, 0) is 6.61 Å². The molecule has 3 aromatic rings. The molecule has 1 aromatic heterocycles. The van der Waals surface area contributed by atoms with Crippen molar-refractivity contribution in [2.45, 2.75) is 13.5 Å². The molecule has 0 aliphatic heterocycles. The van der Waals surface area contributed by atoms with Crippen LogP contribution in [0.2, 0.25) is 5.02 Å². The highest BCUT2D eigenvalue weighted by molar-refractivity contribution is 6.30. The maximum Gasteiger partial charge on any atom is 0.295 e. The fraction of sp³-hybridized carbons (Fsp3) is 0.100. The van der Waals surface area contributed by atoms with Crippen molar-refractivity contribution in [2.24, 2.45) is 0 Å². The Morgan fingerprint density at radius 2 is 1.92 bits per heavy atom. The van der Waals surface area contributed by atoms with Gasteiger partial charge >= 0.3 is 0 Å². The molecule has 6 heteroatoms. The summed E-state index contributed by atoms with van der Waals surface area (Å²) in [5, 5.41) is 3.31. The van der Waals surface area contributed by atoms with Crippen LogP contribution in [0.15, 0.2) is 71.7 Å². The van der Waals surface area contributed by atoms with Crippen LogP contribution in [0.5, 0.6) is 0 Å². The average Bonchev–Trinajstić information content (AvgIpc) is 2.61. The van der Waals surface area contributed by atoms with Gasteiger partial charge in [-0.3, -0.25) is 9.59 Å². The lowest BCUT2D eigenvalue weighted by molar-refractivity contribution is 0.0863. The summed E-state index contributed by atoms with van der Waals surface area (Å²) >= 11 is 5.94. The van der Waals surface area contributed by atoms with Gasteiger partial charge in [0.05, 0.1) is 0 Å². The van der Waals surface area contributed by atoms with Gasteiger partial charge in [0.25, 0.3) is 11.5 Å². The van der Waals surface area contributed by atoms with Crippen LogP contribution in [0.25, 0.3) is 0 Å². The topological polar surface area (TPSA) is 60.3 Å². The number of halogens is 1. The minimum absolute atomic E-state index is 0.0000928. The predicted molar refractivity (Wildman–Crippen MR) is 102 cm³/mol. The van der Waals surface area contributed by atoms with Crippen LogP contribution in [-0.4, -0.2) is 10.6 Å². The highest BCUT2D eigenvalue weighted by atomic mass is 35.5. The van der Waals surface area contributed by atoms with E-state index in [1.54, 1.807) is 30.3 Å². The number of benzene rings is 2. The van der Waals surface area contributed by atoms with Crippen LogP contribution in [0, 0.1) is 6.92 Å². The molecule has 3 rings (SSSR count). The Kier molecular flexibility index (Phi) is 5.39. The summed E-state index contributed by atoms with van der Waals surface area (Å²) in [5.41, 5.74) is 1.93. The van der Waals surface area contributed by atoms with Crippen molar-refractivity contribution in [3.63, 3.8) is 0 Å². The monoisotopic (exact) mass is 368 g/mol. The second-order valence-corrected chi connectivity index (χ2v) is 6.22. The smallest absolute Gasteiger partial charge is 0.295 e. The van der Waals surface area contributed by atoms with Gasteiger partial charge in [0.15, 0.2) is 0 Å². The molecular formula is C20H17ClN2O3. The molecule has 0 radical (unpaired) electrons.